The Balaban J connectivity index is 5.60. The Morgan fingerprint density at radius 1 is 0.714 bits per heavy atom. The molecule has 0 aliphatic carbocycles. The van der Waals surface area contributed by atoms with Gasteiger partial charge in [-0.25, -0.2) is 9.59 Å². The van der Waals surface area contributed by atoms with Crippen LogP contribution in [0, 0.1) is 0 Å². The van der Waals surface area contributed by atoms with Gasteiger partial charge >= 0.3 is 41.8 Å². The molecule has 14 nitrogen and oxygen atoms in total. The van der Waals surface area contributed by atoms with Gasteiger partial charge in [0.1, 0.15) is 0 Å². The van der Waals surface area contributed by atoms with Crippen molar-refractivity contribution in [3.63, 3.8) is 0 Å². The van der Waals surface area contributed by atoms with Crippen molar-refractivity contribution in [3.8, 4) is 0 Å². The fraction of sp³-hybridized carbons (Fsp3) is 0.500. The molecule has 0 aromatic carbocycles. The lowest BCUT2D eigenvalue weighted by atomic mass is 9.95. The zero-order valence-electron chi connectivity index (χ0n) is 14.0. The van der Waals surface area contributed by atoms with Gasteiger partial charge in [-0.05, 0) is 0 Å². The summed E-state index contributed by atoms with van der Waals surface area (Å²) in [5.41, 5.74) is -3.10. The van der Waals surface area contributed by atoms with Gasteiger partial charge in [0.15, 0.2) is 0 Å². The molecule has 14 heteroatoms. The standard InChI is InChI=1S/C14H16O14/c15-7(16)1-2-11(23)27-6(3-8(17)18)12(24)28-14(13(25)26,4-9(19)20)5-10(21)22/h6H,1-5H2,(H,15,16)(H,17,18)(H,19,20)(H,21,22)(H,25,26). The van der Waals surface area contributed by atoms with Crippen LogP contribution in [0.5, 0.6) is 0 Å². The third-order valence-electron chi connectivity index (χ3n) is 3.00. The molecule has 0 bridgehead atoms. The van der Waals surface area contributed by atoms with Gasteiger partial charge in [0.2, 0.25) is 11.7 Å². The predicted molar refractivity (Wildman–Crippen MR) is 80.0 cm³/mol. The van der Waals surface area contributed by atoms with E-state index in [1.165, 1.54) is 0 Å². The molecule has 0 heterocycles. The maximum absolute atomic E-state index is 12.1. The van der Waals surface area contributed by atoms with E-state index in [0.29, 0.717) is 0 Å². The van der Waals surface area contributed by atoms with Crippen LogP contribution in [-0.2, 0) is 43.0 Å². The van der Waals surface area contributed by atoms with Crippen molar-refractivity contribution < 1.29 is 68.6 Å². The summed E-state index contributed by atoms with van der Waals surface area (Å²) in [6.45, 7) is 0. The highest BCUT2D eigenvalue weighted by atomic mass is 16.6. The molecule has 0 radical (unpaired) electrons. The Labute approximate surface area is 155 Å². The van der Waals surface area contributed by atoms with E-state index in [1.807, 2.05) is 0 Å². The number of carboxylic acids is 5. The molecule has 1 unspecified atom stereocenters. The van der Waals surface area contributed by atoms with E-state index in [2.05, 4.69) is 9.47 Å². The summed E-state index contributed by atoms with van der Waals surface area (Å²) in [6, 6.07) is 0. The quantitative estimate of drug-likeness (QED) is 0.219. The van der Waals surface area contributed by atoms with Crippen LogP contribution >= 0.6 is 0 Å². The summed E-state index contributed by atoms with van der Waals surface area (Å²) >= 11 is 0. The summed E-state index contributed by atoms with van der Waals surface area (Å²) < 4.78 is 8.92. The van der Waals surface area contributed by atoms with Crippen LogP contribution in [0.1, 0.15) is 32.1 Å². The number of carboxylic acid groups (broad SMARTS) is 5. The lowest BCUT2D eigenvalue weighted by molar-refractivity contribution is -0.195. The van der Waals surface area contributed by atoms with Gasteiger partial charge in [-0.15, -0.1) is 0 Å². The molecule has 0 fully saturated rings. The molecule has 156 valence electrons. The van der Waals surface area contributed by atoms with Crippen LogP contribution in [0.15, 0.2) is 0 Å². The van der Waals surface area contributed by atoms with Gasteiger partial charge in [0.25, 0.3) is 0 Å². The minimum atomic E-state index is -3.10. The molecular formula is C14H16O14. The third kappa shape index (κ3) is 8.59. The fourth-order valence-corrected chi connectivity index (χ4v) is 1.83. The second-order valence-electron chi connectivity index (χ2n) is 5.33. The van der Waals surface area contributed by atoms with Crippen molar-refractivity contribution in [1.82, 2.24) is 0 Å². The summed E-state index contributed by atoms with van der Waals surface area (Å²) in [5.74, 6) is -12.1. The van der Waals surface area contributed by atoms with E-state index in [4.69, 9.17) is 25.5 Å². The molecule has 0 spiro atoms. The number of carbonyl (C=O) groups is 7. The lowest BCUT2D eigenvalue weighted by Gasteiger charge is -2.28. The molecule has 0 aromatic heterocycles. The molecule has 1 atom stereocenters. The first-order valence-corrected chi connectivity index (χ1v) is 7.32. The van der Waals surface area contributed by atoms with Crippen LogP contribution in [0.25, 0.3) is 0 Å². The number of carbonyl (C=O) groups excluding carboxylic acids is 2. The van der Waals surface area contributed by atoms with Crippen molar-refractivity contribution in [2.75, 3.05) is 0 Å². The molecule has 5 N–H and O–H groups in total. The average molecular weight is 408 g/mol. The average Bonchev–Trinajstić information content (AvgIpc) is 2.50. The number of rotatable bonds is 13. The predicted octanol–water partition coefficient (Wildman–Crippen LogP) is -1.45. The van der Waals surface area contributed by atoms with Gasteiger partial charge in [-0.1, -0.05) is 0 Å². The Morgan fingerprint density at radius 3 is 1.57 bits per heavy atom. The number of hydrogen-bond donors (Lipinski definition) is 5. The zero-order valence-corrected chi connectivity index (χ0v) is 14.0. The minimum Gasteiger partial charge on any atom is -0.481 e. The van der Waals surface area contributed by atoms with Crippen molar-refractivity contribution in [2.24, 2.45) is 0 Å². The fourth-order valence-electron chi connectivity index (χ4n) is 1.83. The molecule has 0 saturated heterocycles. The van der Waals surface area contributed by atoms with Crippen LogP contribution in [0.2, 0.25) is 0 Å². The van der Waals surface area contributed by atoms with E-state index in [0.717, 1.165) is 0 Å². The summed E-state index contributed by atoms with van der Waals surface area (Å²) in [6.07, 6.45) is -7.92. The minimum absolute atomic E-state index is 0.717. The molecule has 28 heavy (non-hydrogen) atoms. The molecule has 0 amide bonds. The number of hydrogen-bond acceptors (Lipinski definition) is 9. The Morgan fingerprint density at radius 2 is 1.21 bits per heavy atom. The summed E-state index contributed by atoms with van der Waals surface area (Å²) in [4.78, 5) is 78.0. The van der Waals surface area contributed by atoms with Crippen molar-refractivity contribution >= 4 is 41.8 Å². The number of esters is 2. The van der Waals surface area contributed by atoms with Gasteiger partial charge in [0.05, 0.1) is 32.1 Å². The van der Waals surface area contributed by atoms with E-state index < -0.39 is 85.6 Å². The van der Waals surface area contributed by atoms with Gasteiger partial charge in [-0.2, -0.15) is 0 Å². The molecule has 0 aliphatic rings. The summed E-state index contributed by atoms with van der Waals surface area (Å²) in [7, 11) is 0. The van der Waals surface area contributed by atoms with Crippen molar-refractivity contribution in [3.05, 3.63) is 0 Å². The summed E-state index contributed by atoms with van der Waals surface area (Å²) in [5, 5.41) is 44.0. The third-order valence-corrected chi connectivity index (χ3v) is 3.00. The lowest BCUT2D eigenvalue weighted by Crippen LogP contribution is -2.49. The highest BCUT2D eigenvalue weighted by Crippen LogP contribution is 2.24. The van der Waals surface area contributed by atoms with Gasteiger partial charge in [-0.3, -0.25) is 24.0 Å². The Bertz CT molecular complexity index is 662. The smallest absolute Gasteiger partial charge is 0.349 e. The molecule has 0 aromatic rings. The molecule has 0 aliphatic heterocycles. The first kappa shape index (κ1) is 24.3. The number of ether oxygens (including phenoxy) is 2. The SMILES string of the molecule is O=C(O)CCC(=O)OC(CC(=O)O)C(=O)OC(CC(=O)O)(CC(=O)O)C(=O)O. The van der Waals surface area contributed by atoms with Crippen LogP contribution in [0.4, 0.5) is 0 Å². The zero-order chi connectivity index (χ0) is 22.1. The maximum Gasteiger partial charge on any atom is 0.349 e. The monoisotopic (exact) mass is 408 g/mol. The normalized spacial score (nSPS) is 11.7. The highest BCUT2D eigenvalue weighted by Gasteiger charge is 2.48. The molecule has 0 saturated carbocycles. The first-order chi connectivity index (χ1) is 12.8. The van der Waals surface area contributed by atoms with Crippen molar-refractivity contribution in [2.45, 2.75) is 43.8 Å². The highest BCUT2D eigenvalue weighted by molar-refractivity contribution is 5.92. The van der Waals surface area contributed by atoms with E-state index in [1.54, 1.807) is 0 Å². The van der Waals surface area contributed by atoms with Crippen molar-refractivity contribution in [1.29, 1.82) is 0 Å². The molecule has 0 rings (SSSR count). The maximum atomic E-state index is 12.1. The second-order valence-corrected chi connectivity index (χ2v) is 5.33. The largest absolute Gasteiger partial charge is 0.481 e. The van der Waals surface area contributed by atoms with Gasteiger partial charge in [0, 0.05) is 0 Å². The van der Waals surface area contributed by atoms with Gasteiger partial charge < -0.3 is 35.0 Å². The van der Waals surface area contributed by atoms with Crippen LogP contribution in [0.3, 0.4) is 0 Å². The Kier molecular flexibility index (Phi) is 9.06. The number of aliphatic carboxylic acids is 5. The van der Waals surface area contributed by atoms with Crippen LogP contribution in [-0.4, -0.2) is 79.0 Å². The van der Waals surface area contributed by atoms with E-state index >= 15 is 0 Å². The molecular weight excluding hydrogens is 392 g/mol. The topological polar surface area (TPSA) is 239 Å². The Hall–Kier alpha value is -3.71. The van der Waals surface area contributed by atoms with E-state index in [-0.39, 0.29) is 0 Å². The second kappa shape index (κ2) is 10.4. The van der Waals surface area contributed by atoms with Crippen LogP contribution < -0.4 is 0 Å². The first-order valence-electron chi connectivity index (χ1n) is 7.32. The van der Waals surface area contributed by atoms with E-state index in [9.17, 15) is 33.6 Å².